The van der Waals surface area contributed by atoms with Crippen LogP contribution in [-0.4, -0.2) is 33.5 Å². The van der Waals surface area contributed by atoms with Gasteiger partial charge in [0, 0.05) is 30.4 Å². The van der Waals surface area contributed by atoms with Gasteiger partial charge in [-0.2, -0.15) is 0 Å². The summed E-state index contributed by atoms with van der Waals surface area (Å²) in [7, 11) is -2.21. The molecule has 9 heteroatoms. The molecule has 2 aromatic carbocycles. The van der Waals surface area contributed by atoms with Crippen LogP contribution in [0.15, 0.2) is 63.9 Å². The van der Waals surface area contributed by atoms with E-state index in [9.17, 15) is 13.2 Å². The first kappa shape index (κ1) is 25.0. The Kier molecular flexibility index (Phi) is 7.59. The first-order chi connectivity index (χ1) is 16.7. The largest absolute Gasteiger partial charge is 0.462 e. The molecule has 0 fully saturated rings. The molecule has 186 valence electrons. The van der Waals surface area contributed by atoms with E-state index in [1.807, 2.05) is 24.3 Å². The van der Waals surface area contributed by atoms with Gasteiger partial charge in [0.1, 0.15) is 18.1 Å². The maximum atomic E-state index is 13.2. The van der Waals surface area contributed by atoms with E-state index in [0.717, 1.165) is 12.8 Å². The Morgan fingerprint density at radius 2 is 1.74 bits per heavy atom. The van der Waals surface area contributed by atoms with Crippen LogP contribution in [0, 0.1) is 0 Å². The van der Waals surface area contributed by atoms with E-state index in [4.69, 9.17) is 9.15 Å². The molecule has 1 aliphatic carbocycles. The lowest BCUT2D eigenvalue weighted by atomic mass is 10.1. The van der Waals surface area contributed by atoms with E-state index in [1.54, 1.807) is 27.0 Å². The van der Waals surface area contributed by atoms with Crippen LogP contribution in [-0.2, 0) is 40.8 Å². The minimum Gasteiger partial charge on any atom is -0.462 e. The highest BCUT2D eigenvalue weighted by molar-refractivity contribution is 7.89. The third-order valence-electron chi connectivity index (χ3n) is 5.73. The summed E-state index contributed by atoms with van der Waals surface area (Å²) in [6.07, 6.45) is 1.50. The molecular formula is C26H31N3O5S. The maximum Gasteiger partial charge on any atom is 0.251 e. The van der Waals surface area contributed by atoms with Crippen molar-refractivity contribution in [3.05, 3.63) is 82.8 Å². The fourth-order valence-corrected chi connectivity index (χ4v) is 5.54. The number of hydrogen-bond donors (Lipinski definition) is 3. The van der Waals surface area contributed by atoms with E-state index in [0.29, 0.717) is 30.4 Å². The highest BCUT2D eigenvalue weighted by atomic mass is 32.2. The molecule has 0 radical (unpaired) electrons. The van der Waals surface area contributed by atoms with Gasteiger partial charge in [0.05, 0.1) is 11.4 Å². The number of carbonyl (C=O) groups excluding carboxylic acids is 1. The molecule has 0 unspecified atom stereocenters. The van der Waals surface area contributed by atoms with Gasteiger partial charge in [-0.15, -0.1) is 0 Å². The predicted molar refractivity (Wildman–Crippen MR) is 134 cm³/mol. The van der Waals surface area contributed by atoms with E-state index < -0.39 is 10.0 Å². The topological polar surface area (TPSA) is 110 Å². The number of hydrogen-bond acceptors (Lipinski definition) is 6. The van der Waals surface area contributed by atoms with Crippen LogP contribution in [0.1, 0.15) is 46.9 Å². The molecule has 3 N–H and O–H groups in total. The Morgan fingerprint density at radius 1 is 1.06 bits per heavy atom. The first-order valence-electron chi connectivity index (χ1n) is 11.6. The van der Waals surface area contributed by atoms with Crippen molar-refractivity contribution in [1.29, 1.82) is 0 Å². The summed E-state index contributed by atoms with van der Waals surface area (Å²) in [5, 5.41) is 6.24. The zero-order valence-electron chi connectivity index (χ0n) is 20.1. The van der Waals surface area contributed by atoms with Gasteiger partial charge in [-0.1, -0.05) is 24.3 Å². The Hall–Kier alpha value is -3.14. The normalized spacial score (nSPS) is 13.7. The van der Waals surface area contributed by atoms with Crippen LogP contribution in [0.3, 0.4) is 0 Å². The summed E-state index contributed by atoms with van der Waals surface area (Å²) in [5.74, 6) is 1.05. The van der Waals surface area contributed by atoms with Crippen molar-refractivity contribution in [2.75, 3.05) is 12.4 Å². The second-order valence-electron chi connectivity index (χ2n) is 9.02. The lowest BCUT2D eigenvalue weighted by Gasteiger charge is -2.16. The van der Waals surface area contributed by atoms with Crippen molar-refractivity contribution < 1.29 is 22.4 Å². The molecule has 0 aliphatic heterocycles. The van der Waals surface area contributed by atoms with Gasteiger partial charge in [-0.3, -0.25) is 4.79 Å². The molecule has 1 amide bonds. The quantitative estimate of drug-likeness (QED) is 0.395. The van der Waals surface area contributed by atoms with Crippen molar-refractivity contribution >= 4 is 21.6 Å². The number of methoxy groups -OCH3 is 1. The van der Waals surface area contributed by atoms with Gasteiger partial charge >= 0.3 is 0 Å². The third kappa shape index (κ3) is 6.30. The fourth-order valence-electron chi connectivity index (χ4n) is 4.22. The third-order valence-corrected chi connectivity index (χ3v) is 7.36. The summed E-state index contributed by atoms with van der Waals surface area (Å²) < 4.78 is 39.2. The first-order valence-corrected chi connectivity index (χ1v) is 13.1. The number of rotatable bonds is 10. The molecule has 35 heavy (non-hydrogen) atoms. The molecule has 0 bridgehead atoms. The zero-order valence-corrected chi connectivity index (χ0v) is 20.9. The Balaban J connectivity index is 1.55. The lowest BCUT2D eigenvalue weighted by Crippen LogP contribution is -2.35. The zero-order chi connectivity index (χ0) is 25.0. The molecule has 0 spiro atoms. The number of nitrogens with one attached hydrogen (secondary N) is 3. The van der Waals surface area contributed by atoms with Gasteiger partial charge in [0.25, 0.3) is 5.91 Å². The van der Waals surface area contributed by atoms with Crippen LogP contribution in [0.2, 0.25) is 0 Å². The van der Waals surface area contributed by atoms with Gasteiger partial charge < -0.3 is 19.8 Å². The minimum atomic E-state index is -3.81. The summed E-state index contributed by atoms with van der Waals surface area (Å²) in [5.41, 5.74) is 3.23. The van der Waals surface area contributed by atoms with Crippen molar-refractivity contribution in [2.45, 2.75) is 56.8 Å². The number of fused-ring (bicyclic) bond motifs is 1. The van der Waals surface area contributed by atoms with Crippen molar-refractivity contribution in [1.82, 2.24) is 10.0 Å². The highest BCUT2D eigenvalue weighted by Gasteiger charge is 2.24. The second kappa shape index (κ2) is 10.6. The molecular weight excluding hydrogens is 466 g/mol. The smallest absolute Gasteiger partial charge is 0.251 e. The molecule has 0 saturated heterocycles. The Labute approximate surface area is 206 Å². The Morgan fingerprint density at radius 3 is 2.40 bits per heavy atom. The molecule has 0 saturated carbocycles. The number of ether oxygens (including phenoxy) is 1. The number of anilines is 1. The van der Waals surface area contributed by atoms with Crippen LogP contribution in [0.5, 0.6) is 0 Å². The number of sulfonamides is 1. The SMILES string of the molecule is COCc1ccc(CNc2cc(C(=O)NC3Cc4ccccc4C3)cc(S(=O)(=O)NC(C)C)c2)o1. The van der Waals surface area contributed by atoms with Crippen molar-refractivity contribution in [2.24, 2.45) is 0 Å². The molecule has 1 aromatic heterocycles. The lowest BCUT2D eigenvalue weighted by molar-refractivity contribution is 0.0938. The van der Waals surface area contributed by atoms with Gasteiger partial charge in [-0.05, 0) is 68.1 Å². The fraction of sp³-hybridized carbons (Fsp3) is 0.346. The van der Waals surface area contributed by atoms with Crippen molar-refractivity contribution in [3.63, 3.8) is 0 Å². The maximum absolute atomic E-state index is 13.2. The van der Waals surface area contributed by atoms with Gasteiger partial charge in [0.15, 0.2) is 0 Å². The second-order valence-corrected chi connectivity index (χ2v) is 10.7. The van der Waals surface area contributed by atoms with Crippen LogP contribution in [0.4, 0.5) is 5.69 Å². The molecule has 0 atom stereocenters. The molecule has 4 rings (SSSR count). The van der Waals surface area contributed by atoms with E-state index >= 15 is 0 Å². The highest BCUT2D eigenvalue weighted by Crippen LogP contribution is 2.24. The summed E-state index contributed by atoms with van der Waals surface area (Å²) >= 11 is 0. The number of benzene rings is 2. The average Bonchev–Trinajstić information content (AvgIpc) is 3.43. The molecule has 1 heterocycles. The van der Waals surface area contributed by atoms with Gasteiger partial charge in [0.2, 0.25) is 10.0 Å². The monoisotopic (exact) mass is 497 g/mol. The minimum absolute atomic E-state index is 0.0237. The molecule has 3 aromatic rings. The van der Waals surface area contributed by atoms with Crippen LogP contribution in [0.25, 0.3) is 0 Å². The molecule has 8 nitrogen and oxygen atoms in total. The number of carbonyl (C=O) groups is 1. The summed E-state index contributed by atoms with van der Waals surface area (Å²) in [6.45, 7) is 4.19. The van der Waals surface area contributed by atoms with Crippen molar-refractivity contribution in [3.8, 4) is 0 Å². The number of furan rings is 1. The average molecular weight is 498 g/mol. The molecule has 1 aliphatic rings. The predicted octanol–water partition coefficient (Wildman–Crippen LogP) is 3.62. The van der Waals surface area contributed by atoms with E-state index in [1.165, 1.54) is 23.3 Å². The van der Waals surface area contributed by atoms with Crippen LogP contribution < -0.4 is 15.4 Å². The van der Waals surface area contributed by atoms with E-state index in [-0.39, 0.29) is 28.4 Å². The number of amides is 1. The Bertz CT molecular complexity index is 1270. The van der Waals surface area contributed by atoms with Gasteiger partial charge in [-0.25, -0.2) is 13.1 Å². The summed E-state index contributed by atoms with van der Waals surface area (Å²) in [4.78, 5) is 13.2. The van der Waals surface area contributed by atoms with E-state index in [2.05, 4.69) is 27.5 Å². The standard InChI is InChI=1S/C26H31N3O5S/c1-17(2)29-35(31,32)25-13-20(26(30)28-22-10-18-6-4-5-7-19(18)11-22)12-21(14-25)27-15-23-8-9-24(34-23)16-33-3/h4-9,12-14,17,22,27,29H,10-11,15-16H2,1-3H3,(H,28,30). The van der Waals surface area contributed by atoms with Crippen LogP contribution >= 0.6 is 0 Å². The summed E-state index contributed by atoms with van der Waals surface area (Å²) in [6, 6.07) is 16.1.